The molecule has 0 saturated heterocycles. The Morgan fingerprint density at radius 3 is 2.40 bits per heavy atom. The molecule has 16 heteroatoms. The van der Waals surface area contributed by atoms with Crippen molar-refractivity contribution < 1.29 is 32.2 Å². The highest BCUT2D eigenvalue weighted by atomic mass is 35.5. The van der Waals surface area contributed by atoms with Crippen molar-refractivity contribution >= 4 is 40.1 Å². The smallest absolute Gasteiger partial charge is 0.416 e. The lowest BCUT2D eigenvalue weighted by molar-refractivity contribution is -0.137. The number of aromatic nitrogens is 5. The number of rotatable bonds is 11. The van der Waals surface area contributed by atoms with Gasteiger partial charge in [0.1, 0.15) is 59.8 Å². The van der Waals surface area contributed by atoms with Crippen LogP contribution in [0.2, 0.25) is 5.02 Å². The molecule has 0 saturated carbocycles. The van der Waals surface area contributed by atoms with Crippen LogP contribution >= 0.6 is 11.6 Å². The number of esters is 1. The van der Waals surface area contributed by atoms with Crippen LogP contribution in [0.25, 0.3) is 11.0 Å². The van der Waals surface area contributed by atoms with E-state index in [0.717, 1.165) is 12.1 Å². The lowest BCUT2D eigenvalue weighted by Crippen LogP contribution is -2.14. The van der Waals surface area contributed by atoms with Gasteiger partial charge in [-0.25, -0.2) is 24.7 Å². The minimum Gasteiger partial charge on any atom is -0.460 e. The number of ether oxygens (including phenoxy) is 3. The minimum atomic E-state index is -4.51. The summed E-state index contributed by atoms with van der Waals surface area (Å²) in [6.45, 7) is 0.721. The number of nitrogens with zero attached hydrogens (tertiary/aromatic N) is 7. The van der Waals surface area contributed by atoms with Gasteiger partial charge >= 0.3 is 12.1 Å². The number of benzene rings is 3. The Morgan fingerprint density at radius 2 is 1.71 bits per heavy atom. The van der Waals surface area contributed by atoms with Gasteiger partial charge in [-0.05, 0) is 54.6 Å². The number of nitriles is 2. The molecule has 52 heavy (non-hydrogen) atoms. The van der Waals surface area contributed by atoms with E-state index in [2.05, 4.69) is 31.3 Å². The lowest BCUT2D eigenvalue weighted by atomic mass is 10.2. The van der Waals surface area contributed by atoms with E-state index in [1.54, 1.807) is 53.1 Å². The Kier molecular flexibility index (Phi) is 12.3. The van der Waals surface area contributed by atoms with E-state index in [4.69, 9.17) is 31.1 Å². The fourth-order valence-corrected chi connectivity index (χ4v) is 4.85. The van der Waals surface area contributed by atoms with E-state index in [-0.39, 0.29) is 42.9 Å². The summed E-state index contributed by atoms with van der Waals surface area (Å²) in [7, 11) is 0. The molecule has 0 unspecified atom stereocenters. The maximum absolute atomic E-state index is 13.1. The van der Waals surface area contributed by atoms with E-state index in [9.17, 15) is 23.2 Å². The molecule has 3 aromatic carbocycles. The second kappa shape index (κ2) is 17.4. The molecule has 0 atom stereocenters. The van der Waals surface area contributed by atoms with Crippen LogP contribution in [0, 0.1) is 22.7 Å². The number of nitrogens with one attached hydrogen (secondary N) is 1. The monoisotopic (exact) mass is 726 g/mol. The van der Waals surface area contributed by atoms with Crippen LogP contribution in [0.4, 0.5) is 24.7 Å². The molecule has 0 amide bonds. The number of anilines is 2. The quantitative estimate of drug-likeness (QED) is 0.103. The first-order chi connectivity index (χ1) is 25.2. The standard InChI is InChI=1S/C31H23ClF3N5O4.C5H3N3/c32-25-16-22(9-10-27(25)44-24-8-4-7-21(15-24)31(33,34)35)39-29-28-26(37-19-38-29)17-23(18-36)40(28)11-12-42-13-14-43-30(41)20-5-2-1-3-6-20;6-3-5-1-2-7-4-8-5/h1-10,15-17,19H,11-14H2,(H,37,38,39);1-2,4H. The predicted molar refractivity (Wildman–Crippen MR) is 183 cm³/mol. The highest BCUT2D eigenvalue weighted by molar-refractivity contribution is 6.32. The third-order valence-corrected chi connectivity index (χ3v) is 7.30. The first-order valence-electron chi connectivity index (χ1n) is 15.3. The van der Waals surface area contributed by atoms with E-state index >= 15 is 0 Å². The third-order valence-electron chi connectivity index (χ3n) is 7.01. The zero-order chi connectivity index (χ0) is 36.9. The number of carbonyl (C=O) groups is 1. The first-order valence-corrected chi connectivity index (χ1v) is 15.7. The summed E-state index contributed by atoms with van der Waals surface area (Å²) in [5, 5.41) is 21.2. The minimum absolute atomic E-state index is 0.0154. The molecular weight excluding hydrogens is 701 g/mol. The van der Waals surface area contributed by atoms with Gasteiger partial charge in [-0.1, -0.05) is 35.9 Å². The maximum atomic E-state index is 13.1. The van der Waals surface area contributed by atoms with Gasteiger partial charge in [0.2, 0.25) is 0 Å². The van der Waals surface area contributed by atoms with Crippen LogP contribution in [-0.4, -0.2) is 50.3 Å². The summed E-state index contributed by atoms with van der Waals surface area (Å²) < 4.78 is 57.4. The fourth-order valence-electron chi connectivity index (χ4n) is 4.63. The number of halogens is 4. The van der Waals surface area contributed by atoms with Gasteiger partial charge in [-0.15, -0.1) is 0 Å². The molecule has 0 spiro atoms. The first kappa shape index (κ1) is 36.7. The van der Waals surface area contributed by atoms with Crippen molar-refractivity contribution in [2.24, 2.45) is 0 Å². The Bertz CT molecular complexity index is 2220. The van der Waals surface area contributed by atoms with Crippen molar-refractivity contribution in [3.8, 4) is 23.6 Å². The summed E-state index contributed by atoms with van der Waals surface area (Å²) in [6, 6.07) is 25.0. The molecule has 0 fully saturated rings. The van der Waals surface area contributed by atoms with Crippen molar-refractivity contribution in [1.82, 2.24) is 24.5 Å². The molecule has 3 heterocycles. The second-order valence-electron chi connectivity index (χ2n) is 10.5. The van der Waals surface area contributed by atoms with Crippen LogP contribution in [0.15, 0.2) is 104 Å². The normalized spacial score (nSPS) is 10.7. The van der Waals surface area contributed by atoms with Gasteiger partial charge in [0.25, 0.3) is 0 Å². The maximum Gasteiger partial charge on any atom is 0.416 e. The average Bonchev–Trinajstić information content (AvgIpc) is 3.53. The average molecular weight is 727 g/mol. The van der Waals surface area contributed by atoms with Gasteiger partial charge in [-0.2, -0.15) is 23.7 Å². The summed E-state index contributed by atoms with van der Waals surface area (Å²) in [5.74, 6) is 0.0842. The Balaban J connectivity index is 0.000000577. The van der Waals surface area contributed by atoms with E-state index in [0.29, 0.717) is 39.5 Å². The van der Waals surface area contributed by atoms with Crippen LogP contribution < -0.4 is 10.1 Å². The summed E-state index contributed by atoms with van der Waals surface area (Å²) in [4.78, 5) is 27.9. The SMILES string of the molecule is N#Cc1cc2ncnc(Nc3ccc(Oc4cccc(C(F)(F)F)c4)c(Cl)c3)c2n1CCOCCOC(=O)c1ccccc1.N#Cc1ccncn1. The second-order valence-corrected chi connectivity index (χ2v) is 10.9. The van der Waals surface area contributed by atoms with E-state index in [1.165, 1.54) is 43.1 Å². The van der Waals surface area contributed by atoms with Crippen molar-refractivity contribution in [1.29, 1.82) is 10.5 Å². The summed E-state index contributed by atoms with van der Waals surface area (Å²) in [5.41, 5.74) is 1.92. The van der Waals surface area contributed by atoms with Crippen molar-refractivity contribution in [3.63, 3.8) is 0 Å². The molecule has 0 aliphatic heterocycles. The fraction of sp³-hybridized carbons (Fsp3) is 0.139. The van der Waals surface area contributed by atoms with E-state index in [1.807, 2.05) is 6.07 Å². The summed E-state index contributed by atoms with van der Waals surface area (Å²) in [6.07, 6.45) is -0.281. The highest BCUT2D eigenvalue weighted by Crippen LogP contribution is 2.36. The van der Waals surface area contributed by atoms with Crippen LogP contribution in [0.3, 0.4) is 0 Å². The molecule has 12 nitrogen and oxygen atoms in total. The third kappa shape index (κ3) is 9.79. The number of alkyl halides is 3. The molecule has 0 radical (unpaired) electrons. The zero-order valence-corrected chi connectivity index (χ0v) is 27.7. The van der Waals surface area contributed by atoms with Crippen LogP contribution in [0.5, 0.6) is 11.5 Å². The molecule has 0 aliphatic rings. The van der Waals surface area contributed by atoms with Gasteiger partial charge in [0, 0.05) is 24.5 Å². The Hall–Kier alpha value is -6.55. The molecule has 0 aliphatic carbocycles. The number of carbonyl (C=O) groups excluding carboxylic acids is 1. The van der Waals surface area contributed by atoms with Crippen LogP contribution in [-0.2, 0) is 22.2 Å². The van der Waals surface area contributed by atoms with Crippen molar-refractivity contribution in [2.75, 3.05) is 25.1 Å². The van der Waals surface area contributed by atoms with Crippen molar-refractivity contribution in [3.05, 3.63) is 131 Å². The molecule has 6 rings (SSSR count). The molecule has 0 bridgehead atoms. The lowest BCUT2D eigenvalue weighted by Gasteiger charge is -2.14. The van der Waals surface area contributed by atoms with Crippen molar-refractivity contribution in [2.45, 2.75) is 12.7 Å². The molecule has 1 N–H and O–H groups in total. The van der Waals surface area contributed by atoms with Gasteiger partial charge in [0.05, 0.1) is 34.9 Å². The van der Waals surface area contributed by atoms with E-state index < -0.39 is 17.7 Å². The number of hydrogen-bond acceptors (Lipinski definition) is 11. The molecule has 6 aromatic rings. The predicted octanol–water partition coefficient (Wildman–Crippen LogP) is 7.73. The molecular formula is C36H26ClF3N8O4. The zero-order valence-electron chi connectivity index (χ0n) is 26.9. The Morgan fingerprint density at radius 1 is 0.885 bits per heavy atom. The van der Waals surface area contributed by atoms with Gasteiger partial charge < -0.3 is 24.1 Å². The number of fused-ring (bicyclic) bond motifs is 1. The van der Waals surface area contributed by atoms with Gasteiger partial charge in [-0.3, -0.25) is 0 Å². The van der Waals surface area contributed by atoms with Crippen LogP contribution in [0.1, 0.15) is 27.3 Å². The Labute approximate surface area is 299 Å². The molecule has 262 valence electrons. The largest absolute Gasteiger partial charge is 0.460 e. The van der Waals surface area contributed by atoms with Gasteiger partial charge in [0.15, 0.2) is 5.82 Å². The highest BCUT2D eigenvalue weighted by Gasteiger charge is 2.30. The summed E-state index contributed by atoms with van der Waals surface area (Å²) >= 11 is 6.40. The molecule has 3 aromatic heterocycles. The topological polar surface area (TPSA) is 161 Å². The number of hydrogen-bond donors (Lipinski definition) is 1.